The molecule has 4 heterocycles. The number of hydrogen-bond acceptors (Lipinski definition) is 5. The first-order valence-electron chi connectivity index (χ1n) is 10.3. The summed E-state index contributed by atoms with van der Waals surface area (Å²) < 4.78 is 7.65. The van der Waals surface area contributed by atoms with Gasteiger partial charge in [0.25, 0.3) is 0 Å². The van der Waals surface area contributed by atoms with Crippen LogP contribution in [-0.4, -0.2) is 76.5 Å². The lowest BCUT2D eigenvalue weighted by atomic mass is 10.00. The van der Waals surface area contributed by atoms with E-state index in [9.17, 15) is 0 Å². The Morgan fingerprint density at radius 1 is 1.00 bits per heavy atom. The minimum absolute atomic E-state index is 0.509. The maximum atomic E-state index is 5.47. The first kappa shape index (κ1) is 16.2. The van der Waals surface area contributed by atoms with Gasteiger partial charge in [-0.3, -0.25) is 9.80 Å². The van der Waals surface area contributed by atoms with E-state index in [1.165, 1.54) is 44.7 Å². The molecule has 2 bridgehead atoms. The van der Waals surface area contributed by atoms with Crippen LogP contribution in [-0.2, 0) is 17.7 Å². The summed E-state index contributed by atoms with van der Waals surface area (Å²) in [6.45, 7) is 8.79. The molecule has 1 aliphatic carbocycles. The molecule has 0 radical (unpaired) electrons. The van der Waals surface area contributed by atoms with E-state index in [1.54, 1.807) is 0 Å². The molecule has 0 unspecified atom stereocenters. The van der Waals surface area contributed by atoms with Gasteiger partial charge in [0, 0.05) is 64.3 Å². The van der Waals surface area contributed by atoms with E-state index in [1.807, 2.05) is 0 Å². The fraction of sp³-hybridized carbons (Fsp3) is 0.895. The highest BCUT2D eigenvalue weighted by atomic mass is 16.5. The van der Waals surface area contributed by atoms with Crippen LogP contribution in [0.2, 0.25) is 0 Å². The summed E-state index contributed by atoms with van der Waals surface area (Å²) in [5.74, 6) is 3.78. The predicted octanol–water partition coefficient (Wildman–Crippen LogP) is 1.51. The lowest BCUT2D eigenvalue weighted by molar-refractivity contribution is 0.0835. The second kappa shape index (κ2) is 6.97. The highest BCUT2D eigenvalue weighted by Gasteiger charge is 2.37. The van der Waals surface area contributed by atoms with E-state index in [4.69, 9.17) is 14.8 Å². The van der Waals surface area contributed by atoms with Crippen LogP contribution in [0.1, 0.15) is 49.7 Å². The van der Waals surface area contributed by atoms with Crippen molar-refractivity contribution in [2.24, 2.45) is 5.92 Å². The normalized spacial score (nSPS) is 31.4. The Bertz CT molecular complexity index is 571. The molecule has 2 atom stereocenters. The third-order valence-corrected chi connectivity index (χ3v) is 6.86. The van der Waals surface area contributed by atoms with Crippen molar-refractivity contribution in [3.8, 4) is 0 Å². The van der Waals surface area contributed by atoms with Crippen LogP contribution in [0.4, 0.5) is 0 Å². The van der Waals surface area contributed by atoms with Gasteiger partial charge in [-0.05, 0) is 38.0 Å². The molecular formula is C19H31N5O. The van der Waals surface area contributed by atoms with Crippen LogP contribution < -0.4 is 0 Å². The molecule has 0 N–H and O–H groups in total. The van der Waals surface area contributed by atoms with Gasteiger partial charge < -0.3 is 4.74 Å². The molecule has 25 heavy (non-hydrogen) atoms. The third kappa shape index (κ3) is 3.36. The number of piperidine rings is 1. The fourth-order valence-electron chi connectivity index (χ4n) is 5.29. The topological polar surface area (TPSA) is 46.4 Å². The molecule has 6 heteroatoms. The van der Waals surface area contributed by atoms with Crippen molar-refractivity contribution in [3.63, 3.8) is 0 Å². The Morgan fingerprint density at radius 3 is 2.72 bits per heavy atom. The summed E-state index contributed by atoms with van der Waals surface area (Å²) in [5.41, 5.74) is 0. The molecular weight excluding hydrogens is 314 g/mol. The molecule has 1 aromatic rings. The monoisotopic (exact) mass is 345 g/mol. The van der Waals surface area contributed by atoms with E-state index < -0.39 is 0 Å². The molecule has 0 spiro atoms. The van der Waals surface area contributed by atoms with E-state index in [-0.39, 0.29) is 0 Å². The Morgan fingerprint density at radius 2 is 1.92 bits per heavy atom. The van der Waals surface area contributed by atoms with Gasteiger partial charge in [0.15, 0.2) is 5.82 Å². The Hall–Kier alpha value is -0.980. The quantitative estimate of drug-likeness (QED) is 0.828. The number of aromatic nitrogens is 3. The van der Waals surface area contributed by atoms with Crippen LogP contribution in [0, 0.1) is 5.92 Å². The Labute approximate surface area is 150 Å². The van der Waals surface area contributed by atoms with Crippen molar-refractivity contribution in [1.29, 1.82) is 0 Å². The van der Waals surface area contributed by atoms with E-state index in [2.05, 4.69) is 14.5 Å². The molecule has 1 aromatic heterocycles. The summed E-state index contributed by atoms with van der Waals surface area (Å²) in [4.78, 5) is 10.3. The molecule has 2 saturated heterocycles. The van der Waals surface area contributed by atoms with Gasteiger partial charge in [-0.1, -0.05) is 0 Å². The summed E-state index contributed by atoms with van der Waals surface area (Å²) in [7, 11) is 0. The summed E-state index contributed by atoms with van der Waals surface area (Å²) in [5, 5.41) is 4.85. The summed E-state index contributed by atoms with van der Waals surface area (Å²) in [6.07, 6.45) is 7.59. The molecule has 4 aliphatic rings. The highest BCUT2D eigenvalue weighted by Crippen LogP contribution is 2.37. The zero-order chi connectivity index (χ0) is 16.6. The summed E-state index contributed by atoms with van der Waals surface area (Å²) in [6, 6.07) is 0.899. The first-order valence-corrected chi connectivity index (χ1v) is 10.3. The van der Waals surface area contributed by atoms with Gasteiger partial charge in [-0.2, -0.15) is 5.10 Å². The Balaban J connectivity index is 1.15. The van der Waals surface area contributed by atoms with Crippen molar-refractivity contribution in [1.82, 2.24) is 24.6 Å². The van der Waals surface area contributed by atoms with Crippen LogP contribution in [0.5, 0.6) is 0 Å². The maximum Gasteiger partial charge on any atom is 0.154 e. The van der Waals surface area contributed by atoms with Crippen LogP contribution in [0.25, 0.3) is 0 Å². The van der Waals surface area contributed by atoms with Gasteiger partial charge in [-0.15, -0.1) is 0 Å². The van der Waals surface area contributed by atoms with E-state index >= 15 is 0 Å². The SMILES string of the molecule is C1CC(c2nc3n(n2)CCN(CCN2C[C@H]4CC[C@@H]2C4)CC3)CCO1. The molecule has 5 rings (SSSR count). The number of hydrogen-bond donors (Lipinski definition) is 0. The zero-order valence-corrected chi connectivity index (χ0v) is 15.3. The molecule has 0 amide bonds. The second-order valence-electron chi connectivity index (χ2n) is 8.42. The van der Waals surface area contributed by atoms with Gasteiger partial charge in [0.2, 0.25) is 0 Å². The highest BCUT2D eigenvalue weighted by molar-refractivity contribution is 5.02. The van der Waals surface area contributed by atoms with Gasteiger partial charge in [0.05, 0.1) is 6.54 Å². The first-order chi connectivity index (χ1) is 12.3. The smallest absolute Gasteiger partial charge is 0.154 e. The predicted molar refractivity (Wildman–Crippen MR) is 95.7 cm³/mol. The van der Waals surface area contributed by atoms with Gasteiger partial charge in [-0.25, -0.2) is 9.67 Å². The number of rotatable bonds is 4. The number of nitrogens with zero attached hydrogens (tertiary/aromatic N) is 5. The van der Waals surface area contributed by atoms with Crippen LogP contribution in [0.3, 0.4) is 0 Å². The van der Waals surface area contributed by atoms with Crippen molar-refractivity contribution in [3.05, 3.63) is 11.6 Å². The van der Waals surface area contributed by atoms with E-state index in [0.717, 1.165) is 69.9 Å². The standard InChI is InChI=1S/C19H31N5O/c1-2-17-13-15(1)14-23(17)9-7-22-6-3-18-20-19(21-24(18)10-8-22)16-4-11-25-12-5-16/h15-17H,1-14H2/t15-,17+/m0/s1. The van der Waals surface area contributed by atoms with Crippen molar-refractivity contribution >= 4 is 0 Å². The third-order valence-electron chi connectivity index (χ3n) is 6.86. The van der Waals surface area contributed by atoms with E-state index in [0.29, 0.717) is 5.92 Å². The van der Waals surface area contributed by atoms with Crippen LogP contribution >= 0.6 is 0 Å². The lowest BCUT2D eigenvalue weighted by Gasteiger charge is -2.29. The lowest BCUT2D eigenvalue weighted by Crippen LogP contribution is -2.40. The number of ether oxygens (including phenoxy) is 1. The average molecular weight is 345 g/mol. The molecule has 1 saturated carbocycles. The van der Waals surface area contributed by atoms with Gasteiger partial charge in [0.1, 0.15) is 5.82 Å². The van der Waals surface area contributed by atoms with Crippen LogP contribution in [0.15, 0.2) is 0 Å². The van der Waals surface area contributed by atoms with Crippen molar-refractivity contribution in [2.45, 2.75) is 57.0 Å². The van der Waals surface area contributed by atoms with Crippen molar-refractivity contribution < 1.29 is 4.74 Å². The molecule has 138 valence electrons. The molecule has 3 fully saturated rings. The minimum atomic E-state index is 0.509. The summed E-state index contributed by atoms with van der Waals surface area (Å²) >= 11 is 0. The Kier molecular flexibility index (Phi) is 4.52. The largest absolute Gasteiger partial charge is 0.381 e. The number of fused-ring (bicyclic) bond motifs is 3. The fourth-order valence-corrected chi connectivity index (χ4v) is 5.29. The van der Waals surface area contributed by atoms with Gasteiger partial charge >= 0.3 is 0 Å². The molecule has 6 nitrogen and oxygen atoms in total. The zero-order valence-electron chi connectivity index (χ0n) is 15.3. The minimum Gasteiger partial charge on any atom is -0.381 e. The number of likely N-dealkylation sites (tertiary alicyclic amines) is 1. The maximum absolute atomic E-state index is 5.47. The average Bonchev–Trinajstić information content (AvgIpc) is 3.35. The molecule has 3 aliphatic heterocycles. The second-order valence-corrected chi connectivity index (χ2v) is 8.42. The van der Waals surface area contributed by atoms with Crippen molar-refractivity contribution in [2.75, 3.05) is 45.9 Å². The molecule has 0 aromatic carbocycles.